The average Bonchev–Trinajstić information content (AvgIpc) is 2.60. The number of primary amides is 1. The molecule has 14 heavy (non-hydrogen) atoms. The molecule has 0 aromatic rings. The molecule has 2 N–H and O–H groups in total. The maximum atomic E-state index is 11.3. The molecule has 0 aliphatic carbocycles. The topological polar surface area (TPSA) is 72.6 Å². The molecule has 0 unspecified atom stereocenters. The van der Waals surface area contributed by atoms with Crippen LogP contribution in [0.2, 0.25) is 0 Å². The van der Waals surface area contributed by atoms with Gasteiger partial charge in [-0.2, -0.15) is 0 Å². The van der Waals surface area contributed by atoms with E-state index in [4.69, 9.17) is 10.5 Å². The minimum absolute atomic E-state index is 0.114. The lowest BCUT2D eigenvalue weighted by Crippen LogP contribution is -2.43. The van der Waals surface area contributed by atoms with E-state index in [2.05, 4.69) is 6.58 Å². The van der Waals surface area contributed by atoms with Crippen LogP contribution in [0.25, 0.3) is 0 Å². The number of ether oxygens (including phenoxy) is 1. The molecule has 1 aliphatic rings. The van der Waals surface area contributed by atoms with Crippen molar-refractivity contribution in [3.05, 3.63) is 12.7 Å². The number of methoxy groups -OCH3 is 1. The molecular weight excluding hydrogens is 184 g/mol. The molecule has 5 nitrogen and oxygen atoms in total. The summed E-state index contributed by atoms with van der Waals surface area (Å²) in [5, 5.41) is 0. The van der Waals surface area contributed by atoms with Crippen LogP contribution in [0.3, 0.4) is 0 Å². The van der Waals surface area contributed by atoms with Gasteiger partial charge in [0.05, 0.1) is 6.10 Å². The maximum Gasteiger partial charge on any atom is 0.246 e. The Bertz CT molecular complexity index is 265. The van der Waals surface area contributed by atoms with Crippen LogP contribution in [-0.4, -0.2) is 42.5 Å². The van der Waals surface area contributed by atoms with E-state index in [1.54, 1.807) is 7.11 Å². The molecule has 0 saturated carbocycles. The van der Waals surface area contributed by atoms with Crippen molar-refractivity contribution >= 4 is 11.8 Å². The Morgan fingerprint density at radius 1 is 1.64 bits per heavy atom. The summed E-state index contributed by atoms with van der Waals surface area (Å²) < 4.78 is 5.08. The highest BCUT2D eigenvalue weighted by molar-refractivity contribution is 5.92. The third-order valence-electron chi connectivity index (χ3n) is 2.38. The molecule has 5 heteroatoms. The van der Waals surface area contributed by atoms with Gasteiger partial charge in [0.1, 0.15) is 6.04 Å². The highest BCUT2D eigenvalue weighted by Crippen LogP contribution is 2.19. The Labute approximate surface area is 82.5 Å². The van der Waals surface area contributed by atoms with Crippen molar-refractivity contribution in [2.75, 3.05) is 13.7 Å². The zero-order valence-corrected chi connectivity index (χ0v) is 8.10. The summed E-state index contributed by atoms with van der Waals surface area (Å²) in [6.07, 6.45) is 1.52. The van der Waals surface area contributed by atoms with Crippen LogP contribution in [-0.2, 0) is 14.3 Å². The monoisotopic (exact) mass is 198 g/mol. The summed E-state index contributed by atoms with van der Waals surface area (Å²) in [6.45, 7) is 3.76. The third-order valence-corrected chi connectivity index (χ3v) is 2.38. The molecule has 2 amide bonds. The summed E-state index contributed by atoms with van der Waals surface area (Å²) in [5.74, 6) is -0.784. The lowest BCUT2D eigenvalue weighted by atomic mass is 10.2. The van der Waals surface area contributed by atoms with E-state index in [0.29, 0.717) is 13.0 Å². The quantitative estimate of drug-likeness (QED) is 0.608. The smallest absolute Gasteiger partial charge is 0.246 e. The fraction of sp³-hybridized carbons (Fsp3) is 0.556. The van der Waals surface area contributed by atoms with E-state index in [0.717, 1.165) is 0 Å². The summed E-state index contributed by atoms with van der Waals surface area (Å²) in [4.78, 5) is 23.8. The minimum atomic E-state index is -0.564. The number of nitrogens with zero attached hydrogens (tertiary/aromatic N) is 1. The summed E-state index contributed by atoms with van der Waals surface area (Å²) in [7, 11) is 1.55. The molecule has 0 aromatic heterocycles. The van der Waals surface area contributed by atoms with Crippen LogP contribution in [0.1, 0.15) is 6.42 Å². The largest absolute Gasteiger partial charge is 0.380 e. The minimum Gasteiger partial charge on any atom is -0.380 e. The number of hydrogen-bond donors (Lipinski definition) is 1. The van der Waals surface area contributed by atoms with E-state index < -0.39 is 11.9 Å². The molecule has 0 spiro atoms. The van der Waals surface area contributed by atoms with Gasteiger partial charge in [-0.15, -0.1) is 0 Å². The Balaban J connectivity index is 2.76. The molecule has 1 heterocycles. The Kier molecular flexibility index (Phi) is 3.24. The molecule has 2 atom stereocenters. The van der Waals surface area contributed by atoms with Crippen molar-refractivity contribution in [3.63, 3.8) is 0 Å². The number of hydrogen-bond acceptors (Lipinski definition) is 3. The molecule has 0 bridgehead atoms. The van der Waals surface area contributed by atoms with E-state index in [9.17, 15) is 9.59 Å². The molecule has 1 aliphatic heterocycles. The second-order valence-corrected chi connectivity index (χ2v) is 3.21. The number of amides is 2. The second-order valence-electron chi connectivity index (χ2n) is 3.21. The molecule has 1 saturated heterocycles. The fourth-order valence-electron chi connectivity index (χ4n) is 1.60. The Morgan fingerprint density at radius 3 is 2.71 bits per heavy atom. The number of carbonyl (C=O) groups is 2. The number of likely N-dealkylation sites (tertiary alicyclic amines) is 1. The summed E-state index contributed by atoms with van der Waals surface area (Å²) >= 11 is 0. The first-order valence-electron chi connectivity index (χ1n) is 4.35. The highest BCUT2D eigenvalue weighted by atomic mass is 16.5. The summed E-state index contributed by atoms with van der Waals surface area (Å²) in [6, 6.07) is -0.564. The highest BCUT2D eigenvalue weighted by Gasteiger charge is 2.37. The van der Waals surface area contributed by atoms with Gasteiger partial charge < -0.3 is 15.4 Å². The number of nitrogens with two attached hydrogens (primary N) is 1. The molecular formula is C9H14N2O3. The van der Waals surface area contributed by atoms with E-state index >= 15 is 0 Å². The molecule has 0 aromatic carbocycles. The van der Waals surface area contributed by atoms with Gasteiger partial charge in [0, 0.05) is 20.1 Å². The normalized spacial score (nSPS) is 26.2. The van der Waals surface area contributed by atoms with Gasteiger partial charge in [-0.1, -0.05) is 6.58 Å². The van der Waals surface area contributed by atoms with E-state index in [1.165, 1.54) is 11.0 Å². The van der Waals surface area contributed by atoms with Crippen LogP contribution in [0.15, 0.2) is 12.7 Å². The maximum absolute atomic E-state index is 11.3. The first-order valence-corrected chi connectivity index (χ1v) is 4.35. The zero-order valence-electron chi connectivity index (χ0n) is 8.10. The molecule has 1 fully saturated rings. The number of carbonyl (C=O) groups excluding carboxylic acids is 2. The Hall–Kier alpha value is -1.36. The van der Waals surface area contributed by atoms with Crippen molar-refractivity contribution in [2.24, 2.45) is 5.73 Å². The SMILES string of the molecule is C=CC(=O)N1C[C@@H](OC)C[C@H]1C(N)=O. The molecule has 1 rings (SSSR count). The van der Waals surface area contributed by atoms with Crippen molar-refractivity contribution in [1.29, 1.82) is 0 Å². The van der Waals surface area contributed by atoms with Crippen molar-refractivity contribution < 1.29 is 14.3 Å². The van der Waals surface area contributed by atoms with Gasteiger partial charge >= 0.3 is 0 Å². The number of rotatable bonds is 3. The van der Waals surface area contributed by atoms with Crippen LogP contribution in [0, 0.1) is 0 Å². The van der Waals surface area contributed by atoms with Crippen LogP contribution >= 0.6 is 0 Å². The molecule has 78 valence electrons. The van der Waals surface area contributed by atoms with Gasteiger partial charge in [0.25, 0.3) is 0 Å². The van der Waals surface area contributed by atoms with Crippen molar-refractivity contribution in [1.82, 2.24) is 4.90 Å². The van der Waals surface area contributed by atoms with E-state index in [-0.39, 0.29) is 12.0 Å². The van der Waals surface area contributed by atoms with Gasteiger partial charge in [0.2, 0.25) is 11.8 Å². The molecule has 0 radical (unpaired) electrons. The van der Waals surface area contributed by atoms with Gasteiger partial charge in [-0.05, 0) is 6.08 Å². The first-order chi connectivity index (χ1) is 6.60. The lowest BCUT2D eigenvalue weighted by molar-refractivity contribution is -0.133. The van der Waals surface area contributed by atoms with Gasteiger partial charge in [0.15, 0.2) is 0 Å². The second kappa shape index (κ2) is 4.23. The fourth-order valence-corrected chi connectivity index (χ4v) is 1.60. The van der Waals surface area contributed by atoms with Crippen LogP contribution in [0.5, 0.6) is 0 Å². The van der Waals surface area contributed by atoms with Gasteiger partial charge in [-0.3, -0.25) is 9.59 Å². The lowest BCUT2D eigenvalue weighted by Gasteiger charge is -2.19. The van der Waals surface area contributed by atoms with Crippen molar-refractivity contribution in [3.8, 4) is 0 Å². The summed E-state index contributed by atoms with van der Waals surface area (Å²) in [5.41, 5.74) is 5.17. The standard InChI is InChI=1S/C9H14N2O3/c1-3-8(12)11-5-6(14-2)4-7(11)9(10)13/h3,6-7H,1,4-5H2,2H3,(H2,10,13)/t6-,7-/m0/s1. The van der Waals surface area contributed by atoms with E-state index in [1.807, 2.05) is 0 Å². The van der Waals surface area contributed by atoms with Crippen molar-refractivity contribution in [2.45, 2.75) is 18.6 Å². The zero-order chi connectivity index (χ0) is 10.7. The first kappa shape index (κ1) is 10.7. The third kappa shape index (κ3) is 1.93. The van der Waals surface area contributed by atoms with Crippen LogP contribution < -0.4 is 5.73 Å². The van der Waals surface area contributed by atoms with Crippen LogP contribution in [0.4, 0.5) is 0 Å². The average molecular weight is 198 g/mol. The Morgan fingerprint density at radius 2 is 2.29 bits per heavy atom. The van der Waals surface area contributed by atoms with Gasteiger partial charge in [-0.25, -0.2) is 0 Å². The predicted molar refractivity (Wildman–Crippen MR) is 50.3 cm³/mol. The predicted octanol–water partition coefficient (Wildman–Crippen LogP) is -0.726.